The van der Waals surface area contributed by atoms with Crippen LogP contribution in [0.25, 0.3) is 4.91 Å². The fraction of sp³-hybridized carbons (Fsp3) is 0.318. The fourth-order valence-corrected chi connectivity index (χ4v) is 5.39. The summed E-state index contributed by atoms with van der Waals surface area (Å²) in [7, 11) is -3.55. The molecule has 5 nitrogen and oxygen atoms in total. The number of hydrogen-bond donors (Lipinski definition) is 1. The Morgan fingerprint density at radius 1 is 1.00 bits per heavy atom. The van der Waals surface area contributed by atoms with E-state index in [0.29, 0.717) is 21.9 Å². The van der Waals surface area contributed by atoms with E-state index in [4.69, 9.17) is 4.99 Å². The van der Waals surface area contributed by atoms with Crippen molar-refractivity contribution in [1.82, 2.24) is 9.62 Å². The van der Waals surface area contributed by atoms with Crippen LogP contribution in [0.3, 0.4) is 0 Å². The third-order valence-electron chi connectivity index (χ3n) is 5.35. The van der Waals surface area contributed by atoms with Crippen molar-refractivity contribution in [2.75, 3.05) is 13.1 Å². The maximum absolute atomic E-state index is 12.6. The maximum atomic E-state index is 12.6. The lowest BCUT2D eigenvalue weighted by atomic mass is 10.0. The highest BCUT2D eigenvalue weighted by molar-refractivity contribution is 8.00. The Hall–Kier alpha value is -2.44. The van der Waals surface area contributed by atoms with E-state index in [1.807, 2.05) is 43.3 Å². The van der Waals surface area contributed by atoms with Gasteiger partial charge in [-0.3, -0.25) is 14.6 Å². The molecule has 1 fully saturated rings. The lowest BCUT2D eigenvalue weighted by molar-refractivity contribution is 0.206. The van der Waals surface area contributed by atoms with Gasteiger partial charge in [-0.15, -0.1) is 0 Å². The van der Waals surface area contributed by atoms with E-state index in [-0.39, 0.29) is 6.04 Å². The van der Waals surface area contributed by atoms with Crippen molar-refractivity contribution >= 4 is 20.8 Å². The second kappa shape index (κ2) is 7.89. The number of likely N-dealkylation sites (tertiary alicyclic amines) is 1. The van der Waals surface area contributed by atoms with Gasteiger partial charge in [0.2, 0.25) is 0 Å². The second-order valence-electron chi connectivity index (χ2n) is 7.40. The number of nitrogens with zero attached hydrogens (tertiary/aromatic N) is 2. The molecule has 4 rings (SSSR count). The number of aliphatic imine (C=N–C) groups is 1. The van der Waals surface area contributed by atoms with Crippen molar-refractivity contribution < 1.29 is 8.42 Å². The van der Waals surface area contributed by atoms with Gasteiger partial charge in [-0.2, -0.15) is 0 Å². The molecule has 2 aromatic carbocycles. The van der Waals surface area contributed by atoms with E-state index in [1.54, 1.807) is 0 Å². The largest absolute Gasteiger partial charge is 0.299 e. The number of nitrogens with one attached hydrogen (secondary N) is 1. The van der Waals surface area contributed by atoms with E-state index in [2.05, 4.69) is 33.9 Å². The highest BCUT2D eigenvalue weighted by atomic mass is 32.2. The van der Waals surface area contributed by atoms with Crippen LogP contribution in [0.1, 0.15) is 30.9 Å². The van der Waals surface area contributed by atoms with Gasteiger partial charge in [0, 0.05) is 25.2 Å². The van der Waals surface area contributed by atoms with Gasteiger partial charge in [0.1, 0.15) is 10.7 Å². The first kappa shape index (κ1) is 18.9. The summed E-state index contributed by atoms with van der Waals surface area (Å²) in [4.78, 5) is 7.55. The molecule has 0 aliphatic carbocycles. The Bertz CT molecular complexity index is 991. The minimum atomic E-state index is -3.55. The molecule has 6 heteroatoms. The lowest BCUT2D eigenvalue weighted by Gasteiger charge is -2.30. The molecule has 0 atom stereocenters. The SMILES string of the molecule is CC1=C(c2ccccc2)S(=O)(=O)NC1=NC1CCN(Cc2ccccc2)CC1. The molecule has 1 N–H and O–H groups in total. The van der Waals surface area contributed by atoms with Crippen molar-refractivity contribution in [3.05, 3.63) is 77.4 Å². The van der Waals surface area contributed by atoms with Crippen molar-refractivity contribution in [2.45, 2.75) is 32.4 Å². The van der Waals surface area contributed by atoms with Gasteiger partial charge >= 0.3 is 0 Å². The first-order chi connectivity index (χ1) is 13.5. The Balaban J connectivity index is 1.46. The minimum absolute atomic E-state index is 0.148. The first-order valence-electron chi connectivity index (χ1n) is 9.66. The van der Waals surface area contributed by atoms with Gasteiger partial charge in [0.05, 0.1) is 6.04 Å². The second-order valence-corrected chi connectivity index (χ2v) is 9.02. The zero-order valence-electron chi connectivity index (χ0n) is 16.0. The van der Waals surface area contributed by atoms with Crippen LogP contribution in [-0.4, -0.2) is 38.3 Å². The number of sulfonamides is 1. The Morgan fingerprint density at radius 2 is 1.61 bits per heavy atom. The molecule has 2 aliphatic heterocycles. The van der Waals surface area contributed by atoms with Gasteiger partial charge in [-0.1, -0.05) is 60.7 Å². The van der Waals surface area contributed by atoms with Crippen LogP contribution in [0.4, 0.5) is 0 Å². The molecule has 2 aromatic rings. The highest BCUT2D eigenvalue weighted by Crippen LogP contribution is 2.30. The minimum Gasteiger partial charge on any atom is -0.299 e. The number of rotatable bonds is 4. The summed E-state index contributed by atoms with van der Waals surface area (Å²) < 4.78 is 27.9. The molecule has 0 radical (unpaired) electrons. The fourth-order valence-electron chi connectivity index (χ4n) is 3.88. The van der Waals surface area contributed by atoms with Crippen molar-refractivity contribution in [3.8, 4) is 0 Å². The normalized spacial score (nSPS) is 21.8. The molecule has 2 heterocycles. The Labute approximate surface area is 166 Å². The predicted molar refractivity (Wildman–Crippen MR) is 113 cm³/mol. The summed E-state index contributed by atoms with van der Waals surface area (Å²) in [6, 6.07) is 19.9. The topological polar surface area (TPSA) is 61.8 Å². The first-order valence-corrected chi connectivity index (χ1v) is 11.1. The van der Waals surface area contributed by atoms with Crippen molar-refractivity contribution in [1.29, 1.82) is 0 Å². The Morgan fingerprint density at radius 3 is 2.25 bits per heavy atom. The Kier molecular flexibility index (Phi) is 5.33. The molecule has 28 heavy (non-hydrogen) atoms. The van der Waals surface area contributed by atoms with Crippen LogP contribution >= 0.6 is 0 Å². The summed E-state index contributed by atoms with van der Waals surface area (Å²) in [5, 5.41) is 0. The molecular weight excluding hydrogens is 370 g/mol. The maximum Gasteiger partial charge on any atom is 0.264 e. The van der Waals surface area contributed by atoms with Crippen LogP contribution in [0, 0.1) is 0 Å². The smallest absolute Gasteiger partial charge is 0.264 e. The van der Waals surface area contributed by atoms with Gasteiger partial charge in [0.25, 0.3) is 10.0 Å². The zero-order chi connectivity index (χ0) is 19.6. The van der Waals surface area contributed by atoms with Crippen LogP contribution < -0.4 is 4.72 Å². The van der Waals surface area contributed by atoms with E-state index >= 15 is 0 Å². The van der Waals surface area contributed by atoms with Gasteiger partial charge in [-0.25, -0.2) is 8.42 Å². The number of amidine groups is 1. The lowest BCUT2D eigenvalue weighted by Crippen LogP contribution is -2.36. The summed E-state index contributed by atoms with van der Waals surface area (Å²) in [6.45, 7) is 4.73. The molecule has 0 aromatic heterocycles. The van der Waals surface area contributed by atoms with Gasteiger partial charge in [-0.05, 0) is 30.9 Å². The molecule has 0 spiro atoms. The standard InChI is InChI=1S/C22H25N3O2S/c1-17-21(19-10-6-3-7-11-19)28(26,27)24-22(17)23-20-12-14-25(15-13-20)16-18-8-4-2-5-9-18/h2-11,20H,12-16H2,1H3,(H,23,24). The van der Waals surface area contributed by atoms with Crippen LogP contribution in [0.5, 0.6) is 0 Å². The molecular formula is C22H25N3O2S. The average Bonchev–Trinajstić information content (AvgIpc) is 2.93. The molecule has 0 saturated carbocycles. The quantitative estimate of drug-likeness (QED) is 0.863. The van der Waals surface area contributed by atoms with Gasteiger partial charge in [0.15, 0.2) is 0 Å². The van der Waals surface area contributed by atoms with E-state index in [0.717, 1.165) is 32.5 Å². The molecule has 0 amide bonds. The number of piperidine rings is 1. The highest BCUT2D eigenvalue weighted by Gasteiger charge is 2.33. The third kappa shape index (κ3) is 4.03. The summed E-state index contributed by atoms with van der Waals surface area (Å²) >= 11 is 0. The van der Waals surface area contributed by atoms with Gasteiger partial charge < -0.3 is 0 Å². The van der Waals surface area contributed by atoms with E-state index in [9.17, 15) is 8.42 Å². The van der Waals surface area contributed by atoms with E-state index < -0.39 is 10.0 Å². The van der Waals surface area contributed by atoms with Crippen LogP contribution in [0.15, 0.2) is 71.2 Å². The average molecular weight is 396 g/mol. The third-order valence-corrected chi connectivity index (χ3v) is 6.89. The monoisotopic (exact) mass is 395 g/mol. The molecule has 0 unspecified atom stereocenters. The predicted octanol–water partition coefficient (Wildman–Crippen LogP) is 3.41. The summed E-state index contributed by atoms with van der Waals surface area (Å²) in [6.07, 6.45) is 1.87. The number of benzene rings is 2. The molecule has 146 valence electrons. The zero-order valence-corrected chi connectivity index (χ0v) is 16.8. The van der Waals surface area contributed by atoms with Crippen molar-refractivity contribution in [2.24, 2.45) is 4.99 Å². The van der Waals surface area contributed by atoms with Crippen molar-refractivity contribution in [3.63, 3.8) is 0 Å². The summed E-state index contributed by atoms with van der Waals surface area (Å²) in [5.74, 6) is 0.500. The molecule has 0 bridgehead atoms. The number of hydrogen-bond acceptors (Lipinski definition) is 4. The summed E-state index contributed by atoms with van der Waals surface area (Å²) in [5.41, 5.74) is 2.73. The van der Waals surface area contributed by atoms with E-state index in [1.165, 1.54) is 5.56 Å². The van der Waals surface area contributed by atoms with Crippen LogP contribution in [-0.2, 0) is 16.6 Å². The molecule has 2 aliphatic rings. The van der Waals surface area contributed by atoms with Crippen LogP contribution in [0.2, 0.25) is 0 Å². The molecule has 1 saturated heterocycles.